The van der Waals surface area contributed by atoms with Crippen molar-refractivity contribution >= 4 is 17.4 Å². The van der Waals surface area contributed by atoms with E-state index in [2.05, 4.69) is 4.98 Å². The number of likely N-dealkylation sites (N-methyl/N-ethyl adjacent to an activating group) is 1. The van der Waals surface area contributed by atoms with E-state index in [0.29, 0.717) is 5.69 Å². The Morgan fingerprint density at radius 2 is 1.89 bits per heavy atom. The van der Waals surface area contributed by atoms with E-state index in [1.54, 1.807) is 11.9 Å². The number of alkyl halides is 3. The smallest absolute Gasteiger partial charge is 0.341 e. The summed E-state index contributed by atoms with van der Waals surface area (Å²) < 4.78 is 52.6. The molecule has 2 fully saturated rings. The number of carbonyl (C=O) groups is 1. The molecular weight excluding hydrogens is 374 g/mol. The van der Waals surface area contributed by atoms with Gasteiger partial charge < -0.3 is 9.80 Å². The number of hydrogen-bond donors (Lipinski definition) is 0. The molecule has 8 heteroatoms. The van der Waals surface area contributed by atoms with Crippen LogP contribution in [-0.2, 0) is 11.0 Å². The second-order valence-corrected chi connectivity index (χ2v) is 7.35. The number of anilines is 2. The molecule has 0 radical (unpaired) electrons. The zero-order valence-electron chi connectivity index (χ0n) is 15.2. The van der Waals surface area contributed by atoms with Gasteiger partial charge in [-0.3, -0.25) is 4.79 Å². The molecule has 2 aromatic rings. The number of nitrogens with zero attached hydrogens (tertiary/aromatic N) is 3. The molecule has 1 aliphatic carbocycles. The van der Waals surface area contributed by atoms with Gasteiger partial charge in [-0.2, -0.15) is 13.2 Å². The first-order valence-corrected chi connectivity index (χ1v) is 9.10. The summed E-state index contributed by atoms with van der Waals surface area (Å²) in [5.41, 5.74) is -0.246. The average molecular weight is 393 g/mol. The lowest BCUT2D eigenvalue weighted by atomic mass is 9.97. The Labute approximate surface area is 159 Å². The number of pyridine rings is 1. The molecule has 1 saturated heterocycles. The highest BCUT2D eigenvalue weighted by atomic mass is 19.4. The number of carbonyl (C=O) groups excluding carboxylic acids is 1. The predicted molar refractivity (Wildman–Crippen MR) is 96.4 cm³/mol. The van der Waals surface area contributed by atoms with Crippen molar-refractivity contribution in [2.24, 2.45) is 5.92 Å². The molecule has 4 nitrogen and oxygen atoms in total. The molecule has 1 aromatic carbocycles. The summed E-state index contributed by atoms with van der Waals surface area (Å²) in [6, 6.07) is 6.91. The van der Waals surface area contributed by atoms with E-state index >= 15 is 0 Å². The SMILES string of the molecule is CN(C(=O)[C@@H]1[C@H]2CC[C@H](C2)N1c1cc(C(F)(F)F)ccn1)c1ccc(F)cc1. The first kappa shape index (κ1) is 18.7. The Kier molecular flexibility index (Phi) is 4.51. The molecule has 0 N–H and O–H groups in total. The third-order valence-corrected chi connectivity index (χ3v) is 5.72. The van der Waals surface area contributed by atoms with E-state index in [1.165, 1.54) is 29.2 Å². The third kappa shape index (κ3) is 3.21. The fourth-order valence-electron chi connectivity index (χ4n) is 4.36. The number of amides is 1. The van der Waals surface area contributed by atoms with Crippen molar-refractivity contribution < 1.29 is 22.4 Å². The van der Waals surface area contributed by atoms with Crippen LogP contribution >= 0.6 is 0 Å². The lowest BCUT2D eigenvalue weighted by Gasteiger charge is -2.37. The van der Waals surface area contributed by atoms with Crippen LogP contribution in [0.25, 0.3) is 0 Å². The maximum atomic E-state index is 13.2. The van der Waals surface area contributed by atoms with Crippen molar-refractivity contribution in [1.82, 2.24) is 4.98 Å². The topological polar surface area (TPSA) is 36.4 Å². The first-order chi connectivity index (χ1) is 13.3. The van der Waals surface area contributed by atoms with E-state index in [-0.39, 0.29) is 23.7 Å². The fraction of sp³-hybridized carbons (Fsp3) is 0.400. The van der Waals surface area contributed by atoms with Crippen molar-refractivity contribution in [3.05, 3.63) is 54.0 Å². The molecule has 28 heavy (non-hydrogen) atoms. The maximum absolute atomic E-state index is 13.2. The number of piperidine rings is 1. The molecule has 1 aromatic heterocycles. The number of halogens is 4. The molecule has 2 bridgehead atoms. The highest BCUT2D eigenvalue weighted by molar-refractivity contribution is 5.99. The van der Waals surface area contributed by atoms with E-state index in [1.807, 2.05) is 0 Å². The third-order valence-electron chi connectivity index (χ3n) is 5.72. The first-order valence-electron chi connectivity index (χ1n) is 9.10. The minimum Gasteiger partial charge on any atom is -0.341 e. The van der Waals surface area contributed by atoms with Crippen LogP contribution in [-0.4, -0.2) is 30.0 Å². The molecule has 4 rings (SSSR count). The van der Waals surface area contributed by atoms with Crippen LogP contribution < -0.4 is 9.80 Å². The molecule has 1 amide bonds. The Hall–Kier alpha value is -2.64. The largest absolute Gasteiger partial charge is 0.416 e. The monoisotopic (exact) mass is 393 g/mol. The van der Waals surface area contributed by atoms with E-state index < -0.39 is 23.6 Å². The van der Waals surface area contributed by atoms with Gasteiger partial charge >= 0.3 is 6.18 Å². The summed E-state index contributed by atoms with van der Waals surface area (Å²) in [5.74, 6) is -0.387. The Balaban J connectivity index is 1.66. The summed E-state index contributed by atoms with van der Waals surface area (Å²) in [6.07, 6.45) is -0.901. The second kappa shape index (κ2) is 6.76. The molecule has 0 spiro atoms. The van der Waals surface area contributed by atoms with Crippen molar-refractivity contribution in [2.75, 3.05) is 16.8 Å². The van der Waals surface area contributed by atoms with Crippen molar-refractivity contribution in [2.45, 2.75) is 37.5 Å². The lowest BCUT2D eigenvalue weighted by Crippen LogP contribution is -2.51. The Morgan fingerprint density at radius 1 is 1.18 bits per heavy atom. The van der Waals surface area contributed by atoms with Gasteiger partial charge in [0.25, 0.3) is 0 Å². The van der Waals surface area contributed by atoms with Gasteiger partial charge in [-0.1, -0.05) is 0 Å². The molecule has 148 valence electrons. The number of hydrogen-bond acceptors (Lipinski definition) is 3. The van der Waals surface area contributed by atoms with Gasteiger partial charge in [-0.05, 0) is 61.6 Å². The van der Waals surface area contributed by atoms with E-state index in [0.717, 1.165) is 37.6 Å². The van der Waals surface area contributed by atoms with Crippen molar-refractivity contribution in [1.29, 1.82) is 0 Å². The van der Waals surface area contributed by atoms with Crippen LogP contribution in [0, 0.1) is 11.7 Å². The van der Waals surface area contributed by atoms with Gasteiger partial charge in [0.1, 0.15) is 17.7 Å². The summed E-state index contributed by atoms with van der Waals surface area (Å²) in [4.78, 5) is 20.5. The molecule has 0 unspecified atom stereocenters. The van der Waals surface area contributed by atoms with Gasteiger partial charge in [0.15, 0.2) is 0 Å². The highest BCUT2D eigenvalue weighted by Gasteiger charge is 2.51. The van der Waals surface area contributed by atoms with Crippen molar-refractivity contribution in [3.63, 3.8) is 0 Å². The number of benzene rings is 1. The maximum Gasteiger partial charge on any atom is 0.416 e. The molecule has 2 heterocycles. The minimum absolute atomic E-state index is 0.00319. The predicted octanol–water partition coefficient (Wildman–Crippen LogP) is 4.26. The van der Waals surface area contributed by atoms with Gasteiger partial charge in [0.2, 0.25) is 5.91 Å². The Bertz CT molecular complexity index is 884. The fourth-order valence-corrected chi connectivity index (χ4v) is 4.36. The second-order valence-electron chi connectivity index (χ2n) is 7.35. The van der Waals surface area contributed by atoms with Crippen LogP contribution in [0.3, 0.4) is 0 Å². The summed E-state index contributed by atoms with van der Waals surface area (Å²) in [7, 11) is 1.60. The summed E-state index contributed by atoms with van der Waals surface area (Å²) >= 11 is 0. The standard InChI is InChI=1S/C20H19F4N3O/c1-26(15-6-3-14(21)4-7-15)19(28)18-12-2-5-16(10-12)27(18)17-11-13(8-9-25-17)20(22,23)24/h3-4,6-9,11-12,16,18H,2,5,10H2,1H3/t12-,16+,18-/m0/s1. The quantitative estimate of drug-likeness (QED) is 0.732. The highest BCUT2D eigenvalue weighted by Crippen LogP contribution is 2.45. The zero-order chi connectivity index (χ0) is 20.1. The lowest BCUT2D eigenvalue weighted by molar-refractivity contribution is -0.137. The molecule has 1 saturated carbocycles. The van der Waals surface area contributed by atoms with Gasteiger partial charge in [0, 0.05) is 25.0 Å². The Morgan fingerprint density at radius 3 is 2.57 bits per heavy atom. The van der Waals surface area contributed by atoms with Crippen LogP contribution in [0.4, 0.5) is 29.1 Å². The van der Waals surface area contributed by atoms with Crippen LogP contribution in [0.1, 0.15) is 24.8 Å². The zero-order valence-corrected chi connectivity index (χ0v) is 15.2. The molecular formula is C20H19F4N3O. The van der Waals surface area contributed by atoms with Crippen LogP contribution in [0.15, 0.2) is 42.6 Å². The number of aromatic nitrogens is 1. The van der Waals surface area contributed by atoms with Gasteiger partial charge in [0.05, 0.1) is 5.56 Å². The average Bonchev–Trinajstić information content (AvgIpc) is 3.28. The van der Waals surface area contributed by atoms with Crippen LogP contribution in [0.2, 0.25) is 0 Å². The van der Waals surface area contributed by atoms with Crippen molar-refractivity contribution in [3.8, 4) is 0 Å². The molecule has 2 aliphatic rings. The number of fused-ring (bicyclic) bond motifs is 2. The van der Waals surface area contributed by atoms with E-state index in [4.69, 9.17) is 0 Å². The summed E-state index contributed by atoms with van der Waals surface area (Å²) in [6.45, 7) is 0. The summed E-state index contributed by atoms with van der Waals surface area (Å²) in [5, 5.41) is 0. The minimum atomic E-state index is -4.47. The van der Waals surface area contributed by atoms with Gasteiger partial charge in [-0.15, -0.1) is 0 Å². The molecule has 1 aliphatic heterocycles. The van der Waals surface area contributed by atoms with Gasteiger partial charge in [-0.25, -0.2) is 9.37 Å². The van der Waals surface area contributed by atoms with E-state index in [9.17, 15) is 22.4 Å². The number of rotatable bonds is 3. The molecule has 3 atom stereocenters. The normalized spacial score (nSPS) is 23.9. The van der Waals surface area contributed by atoms with Crippen LogP contribution in [0.5, 0.6) is 0 Å².